The summed E-state index contributed by atoms with van der Waals surface area (Å²) in [6.07, 6.45) is 6.46. The number of hydrogen-bond acceptors (Lipinski definition) is 6. The average molecular weight is 415 g/mol. The van der Waals surface area contributed by atoms with Crippen molar-refractivity contribution in [1.82, 2.24) is 9.66 Å². The number of benzene rings is 1. The Morgan fingerprint density at radius 1 is 1.07 bits per heavy atom. The second-order valence-electron chi connectivity index (χ2n) is 8.16. The molecule has 2 aliphatic carbocycles. The number of fused-ring (bicyclic) bond motifs is 1. The third-order valence-corrected chi connectivity index (χ3v) is 6.42. The Kier molecular flexibility index (Phi) is 5.94. The highest BCUT2D eigenvalue weighted by Crippen LogP contribution is 2.36. The van der Waals surface area contributed by atoms with Crippen molar-refractivity contribution in [2.45, 2.75) is 57.0 Å². The molecule has 2 saturated carbocycles. The number of carbonyl (C=O) groups excluding carboxylic acids is 1. The standard InChI is InChI=1S/C22H29N3O5/c1-28-15-9-5-8-14(10-15)21(26)24-25-20(13-6-4-7-13)23-17-12-19(30-3)18(29-2)11-16(17)22(25)27/h11-15H,4-10H2,1-3H3,(H,24,26)/t14-,15-/m1/s1. The van der Waals surface area contributed by atoms with E-state index in [0.29, 0.717) is 34.6 Å². The second-order valence-corrected chi connectivity index (χ2v) is 8.16. The molecule has 8 heteroatoms. The third-order valence-electron chi connectivity index (χ3n) is 6.42. The molecule has 162 valence electrons. The molecule has 0 spiro atoms. The molecule has 2 atom stereocenters. The number of nitrogens with one attached hydrogen (secondary N) is 1. The summed E-state index contributed by atoms with van der Waals surface area (Å²) in [4.78, 5) is 31.2. The summed E-state index contributed by atoms with van der Waals surface area (Å²) in [5.74, 6) is 1.42. The van der Waals surface area contributed by atoms with E-state index in [4.69, 9.17) is 19.2 Å². The Morgan fingerprint density at radius 3 is 2.40 bits per heavy atom. The van der Waals surface area contributed by atoms with Crippen LogP contribution in [0.5, 0.6) is 11.5 Å². The van der Waals surface area contributed by atoms with E-state index in [9.17, 15) is 9.59 Å². The fraction of sp³-hybridized carbons (Fsp3) is 0.591. The Morgan fingerprint density at radius 2 is 1.77 bits per heavy atom. The molecule has 0 unspecified atom stereocenters. The maximum Gasteiger partial charge on any atom is 0.280 e. The average Bonchev–Trinajstić information content (AvgIpc) is 2.74. The summed E-state index contributed by atoms with van der Waals surface area (Å²) in [5, 5.41) is 0.384. The van der Waals surface area contributed by atoms with Crippen molar-refractivity contribution in [2.24, 2.45) is 5.92 Å². The highest BCUT2D eigenvalue weighted by Gasteiger charge is 2.30. The van der Waals surface area contributed by atoms with E-state index in [1.54, 1.807) is 26.4 Å². The molecule has 1 N–H and O–H groups in total. The van der Waals surface area contributed by atoms with Crippen molar-refractivity contribution >= 4 is 16.8 Å². The Labute approximate surface area is 175 Å². The smallest absolute Gasteiger partial charge is 0.280 e. The van der Waals surface area contributed by atoms with Gasteiger partial charge in [0.15, 0.2) is 11.5 Å². The van der Waals surface area contributed by atoms with E-state index in [1.807, 2.05) is 0 Å². The van der Waals surface area contributed by atoms with Crippen LogP contribution in [-0.2, 0) is 9.53 Å². The lowest BCUT2D eigenvalue weighted by molar-refractivity contribution is -0.123. The normalized spacial score (nSPS) is 21.8. The van der Waals surface area contributed by atoms with Gasteiger partial charge in [-0.2, -0.15) is 0 Å². The highest BCUT2D eigenvalue weighted by atomic mass is 16.5. The minimum Gasteiger partial charge on any atom is -0.493 e. The monoisotopic (exact) mass is 415 g/mol. The van der Waals surface area contributed by atoms with Gasteiger partial charge in [0, 0.05) is 25.0 Å². The van der Waals surface area contributed by atoms with Crippen LogP contribution in [0.1, 0.15) is 56.7 Å². The van der Waals surface area contributed by atoms with Gasteiger partial charge in [-0.15, -0.1) is 0 Å². The van der Waals surface area contributed by atoms with E-state index >= 15 is 0 Å². The minimum absolute atomic E-state index is 0.0868. The quantitative estimate of drug-likeness (QED) is 0.780. The summed E-state index contributed by atoms with van der Waals surface area (Å²) in [6, 6.07) is 3.34. The molecule has 2 aliphatic rings. The van der Waals surface area contributed by atoms with E-state index in [-0.39, 0.29) is 29.4 Å². The van der Waals surface area contributed by atoms with Gasteiger partial charge >= 0.3 is 0 Å². The first-order valence-electron chi connectivity index (χ1n) is 10.6. The maximum atomic E-state index is 13.4. The predicted octanol–water partition coefficient (Wildman–Crippen LogP) is 2.96. The SMILES string of the molecule is COc1cc2nc(C3CCC3)n(NC(=O)[C@@H]3CCC[C@@H](OC)C3)c(=O)c2cc1OC. The van der Waals surface area contributed by atoms with Gasteiger partial charge in [-0.1, -0.05) is 12.8 Å². The Hall–Kier alpha value is -2.61. The zero-order valence-electron chi connectivity index (χ0n) is 17.8. The van der Waals surface area contributed by atoms with Crippen molar-refractivity contribution in [3.8, 4) is 11.5 Å². The third kappa shape index (κ3) is 3.76. The zero-order chi connectivity index (χ0) is 21.3. The van der Waals surface area contributed by atoms with Crippen molar-refractivity contribution in [2.75, 3.05) is 26.8 Å². The van der Waals surface area contributed by atoms with Crippen LogP contribution < -0.4 is 20.5 Å². The molecule has 1 amide bonds. The Bertz CT molecular complexity index is 998. The van der Waals surface area contributed by atoms with Crippen LogP contribution in [0.3, 0.4) is 0 Å². The van der Waals surface area contributed by atoms with Crippen LogP contribution >= 0.6 is 0 Å². The van der Waals surface area contributed by atoms with Crippen LogP contribution in [0, 0.1) is 5.92 Å². The number of ether oxygens (including phenoxy) is 3. The molecule has 2 fully saturated rings. The van der Waals surface area contributed by atoms with Gasteiger partial charge in [0.1, 0.15) is 5.82 Å². The van der Waals surface area contributed by atoms with Crippen LogP contribution in [0.15, 0.2) is 16.9 Å². The molecule has 8 nitrogen and oxygen atoms in total. The summed E-state index contributed by atoms with van der Waals surface area (Å²) in [7, 11) is 4.75. The first-order valence-corrected chi connectivity index (χ1v) is 10.6. The zero-order valence-corrected chi connectivity index (χ0v) is 17.8. The lowest BCUT2D eigenvalue weighted by Gasteiger charge is -2.30. The topological polar surface area (TPSA) is 91.7 Å². The maximum absolute atomic E-state index is 13.4. The number of rotatable bonds is 6. The largest absolute Gasteiger partial charge is 0.493 e. The van der Waals surface area contributed by atoms with Gasteiger partial charge in [0.2, 0.25) is 5.91 Å². The number of hydrogen-bond donors (Lipinski definition) is 1. The highest BCUT2D eigenvalue weighted by molar-refractivity contribution is 5.87. The molecule has 2 aromatic rings. The summed E-state index contributed by atoms with van der Waals surface area (Å²) < 4.78 is 17.5. The molecule has 30 heavy (non-hydrogen) atoms. The summed E-state index contributed by atoms with van der Waals surface area (Å²) >= 11 is 0. The number of amides is 1. The fourth-order valence-electron chi connectivity index (χ4n) is 4.38. The van der Waals surface area contributed by atoms with E-state index in [1.165, 1.54) is 11.8 Å². The lowest BCUT2D eigenvalue weighted by atomic mass is 9.84. The molecule has 0 bridgehead atoms. The molecule has 0 aliphatic heterocycles. The number of carbonyl (C=O) groups is 1. The van der Waals surface area contributed by atoms with Gasteiger partial charge < -0.3 is 14.2 Å². The molecule has 1 aromatic carbocycles. The first kappa shape index (κ1) is 20.7. The van der Waals surface area contributed by atoms with Crippen LogP contribution in [-0.4, -0.2) is 43.0 Å². The molecule has 4 rings (SSSR count). The van der Waals surface area contributed by atoms with E-state index < -0.39 is 0 Å². The minimum atomic E-state index is -0.296. The number of nitrogens with zero attached hydrogens (tertiary/aromatic N) is 2. The van der Waals surface area contributed by atoms with Crippen LogP contribution in [0.25, 0.3) is 10.9 Å². The first-order chi connectivity index (χ1) is 14.5. The van der Waals surface area contributed by atoms with Gasteiger partial charge in [-0.05, 0) is 38.2 Å². The second kappa shape index (κ2) is 8.63. The van der Waals surface area contributed by atoms with Crippen molar-refractivity contribution < 1.29 is 19.0 Å². The molecule has 1 aromatic heterocycles. The molecule has 0 radical (unpaired) electrons. The fourth-order valence-corrected chi connectivity index (χ4v) is 4.38. The van der Waals surface area contributed by atoms with E-state index in [0.717, 1.165) is 38.5 Å². The van der Waals surface area contributed by atoms with Crippen molar-refractivity contribution in [3.05, 3.63) is 28.3 Å². The lowest BCUT2D eigenvalue weighted by Crippen LogP contribution is -2.42. The molecular formula is C22H29N3O5. The van der Waals surface area contributed by atoms with Crippen LogP contribution in [0.4, 0.5) is 0 Å². The van der Waals surface area contributed by atoms with Gasteiger partial charge in [0.05, 0.1) is 31.2 Å². The van der Waals surface area contributed by atoms with Crippen molar-refractivity contribution in [1.29, 1.82) is 0 Å². The number of methoxy groups -OCH3 is 3. The van der Waals surface area contributed by atoms with E-state index in [2.05, 4.69) is 5.43 Å². The Balaban J connectivity index is 1.74. The molecule has 1 heterocycles. The van der Waals surface area contributed by atoms with Crippen molar-refractivity contribution in [3.63, 3.8) is 0 Å². The summed E-state index contributed by atoms with van der Waals surface area (Å²) in [5.41, 5.74) is 3.12. The van der Waals surface area contributed by atoms with Crippen LogP contribution in [0.2, 0.25) is 0 Å². The predicted molar refractivity (Wildman–Crippen MR) is 113 cm³/mol. The summed E-state index contributed by atoms with van der Waals surface area (Å²) in [6.45, 7) is 0. The molecular weight excluding hydrogens is 386 g/mol. The van der Waals surface area contributed by atoms with Gasteiger partial charge in [-0.3, -0.25) is 15.0 Å². The number of aromatic nitrogens is 2. The van der Waals surface area contributed by atoms with Gasteiger partial charge in [0.25, 0.3) is 5.56 Å². The molecule has 0 saturated heterocycles. The van der Waals surface area contributed by atoms with Gasteiger partial charge in [-0.25, -0.2) is 9.66 Å².